The molecule has 0 atom stereocenters. The molecule has 0 aliphatic rings. The Hall–Kier alpha value is -1.51. The third-order valence-electron chi connectivity index (χ3n) is 0.990. The topological polar surface area (TPSA) is 57.5 Å². The van der Waals surface area contributed by atoms with Crippen LogP contribution in [-0.4, -0.2) is 16.2 Å². The molecule has 0 aliphatic carbocycles. The van der Waals surface area contributed by atoms with Crippen molar-refractivity contribution >= 4 is 5.97 Å². The van der Waals surface area contributed by atoms with Gasteiger partial charge in [-0.2, -0.15) is 0 Å². The smallest absolute Gasteiger partial charge is 0.331 e. The number of rotatable bonds is 3. The first-order chi connectivity index (χ1) is 5.07. The van der Waals surface area contributed by atoms with Crippen LogP contribution >= 0.6 is 0 Å². The SMILES string of the molecule is C=C/C=C(O)\C=C(/C)C(=O)O. The summed E-state index contributed by atoms with van der Waals surface area (Å²) in [5, 5.41) is 17.3. The van der Waals surface area contributed by atoms with Crippen LogP contribution in [0.3, 0.4) is 0 Å². The van der Waals surface area contributed by atoms with Gasteiger partial charge in [0.2, 0.25) is 0 Å². The van der Waals surface area contributed by atoms with E-state index in [2.05, 4.69) is 6.58 Å². The Morgan fingerprint density at radius 2 is 2.00 bits per heavy atom. The molecule has 3 nitrogen and oxygen atoms in total. The molecule has 3 heteroatoms. The predicted molar refractivity (Wildman–Crippen MR) is 42.3 cm³/mol. The van der Waals surface area contributed by atoms with Crippen LogP contribution in [0.25, 0.3) is 0 Å². The fourth-order valence-electron chi connectivity index (χ4n) is 0.452. The van der Waals surface area contributed by atoms with E-state index in [1.54, 1.807) is 0 Å². The molecule has 0 aromatic heterocycles. The summed E-state index contributed by atoms with van der Waals surface area (Å²) in [6.45, 7) is 4.74. The normalized spacial score (nSPS) is 12.8. The first-order valence-corrected chi connectivity index (χ1v) is 3.01. The van der Waals surface area contributed by atoms with Crippen LogP contribution in [0, 0.1) is 0 Å². The van der Waals surface area contributed by atoms with Gasteiger partial charge in [-0.1, -0.05) is 12.7 Å². The van der Waals surface area contributed by atoms with Crippen molar-refractivity contribution in [3.05, 3.63) is 36.1 Å². The summed E-state index contributed by atoms with van der Waals surface area (Å²) >= 11 is 0. The molecular weight excluding hydrogens is 144 g/mol. The number of hydrogen-bond acceptors (Lipinski definition) is 2. The standard InChI is InChI=1S/C8H10O3/c1-3-4-7(9)5-6(2)8(10)11/h3-5,9H,1H2,2H3,(H,10,11)/b6-5+,7-4+. The number of carbonyl (C=O) groups is 1. The van der Waals surface area contributed by atoms with Gasteiger partial charge in [-0.05, 0) is 19.1 Å². The second-order valence-electron chi connectivity index (χ2n) is 1.96. The number of carboxylic acids is 1. The fourth-order valence-corrected chi connectivity index (χ4v) is 0.452. The third kappa shape index (κ3) is 3.97. The third-order valence-corrected chi connectivity index (χ3v) is 0.990. The van der Waals surface area contributed by atoms with Crippen molar-refractivity contribution in [3.63, 3.8) is 0 Å². The van der Waals surface area contributed by atoms with Gasteiger partial charge in [0.05, 0.1) is 0 Å². The monoisotopic (exact) mass is 154 g/mol. The van der Waals surface area contributed by atoms with E-state index in [9.17, 15) is 4.79 Å². The molecule has 0 radical (unpaired) electrons. The highest BCUT2D eigenvalue weighted by Crippen LogP contribution is 1.98. The molecule has 0 aromatic rings. The van der Waals surface area contributed by atoms with Crippen LogP contribution < -0.4 is 0 Å². The van der Waals surface area contributed by atoms with E-state index in [1.165, 1.54) is 19.1 Å². The molecule has 0 saturated carbocycles. The van der Waals surface area contributed by atoms with Gasteiger partial charge < -0.3 is 10.2 Å². The van der Waals surface area contributed by atoms with E-state index in [0.717, 1.165) is 6.08 Å². The maximum absolute atomic E-state index is 10.2. The summed E-state index contributed by atoms with van der Waals surface area (Å²) in [5.74, 6) is -1.16. The Balaban J connectivity index is 4.42. The molecule has 2 N–H and O–H groups in total. The number of allylic oxidation sites excluding steroid dienone is 3. The van der Waals surface area contributed by atoms with E-state index in [-0.39, 0.29) is 11.3 Å². The fraction of sp³-hybridized carbons (Fsp3) is 0.125. The van der Waals surface area contributed by atoms with Crippen molar-refractivity contribution in [1.29, 1.82) is 0 Å². The average molecular weight is 154 g/mol. The molecule has 0 aromatic carbocycles. The van der Waals surface area contributed by atoms with Gasteiger partial charge in [-0.15, -0.1) is 0 Å². The number of carboxylic acid groups (broad SMARTS) is 1. The Bertz CT molecular complexity index is 223. The Kier molecular flexibility index (Phi) is 3.73. The second kappa shape index (κ2) is 4.33. The molecule has 0 spiro atoms. The molecule has 0 amide bonds. The minimum absolute atomic E-state index is 0.0839. The summed E-state index contributed by atoms with van der Waals surface area (Å²) in [7, 11) is 0. The van der Waals surface area contributed by atoms with Gasteiger partial charge >= 0.3 is 5.97 Å². The van der Waals surface area contributed by atoms with Gasteiger partial charge in [0.15, 0.2) is 0 Å². The van der Waals surface area contributed by atoms with Gasteiger partial charge in [0.1, 0.15) is 5.76 Å². The highest BCUT2D eigenvalue weighted by atomic mass is 16.4. The zero-order valence-electron chi connectivity index (χ0n) is 6.24. The lowest BCUT2D eigenvalue weighted by Crippen LogP contribution is -1.96. The minimum Gasteiger partial charge on any atom is -0.508 e. The molecule has 0 fully saturated rings. The number of aliphatic carboxylic acids is 1. The molecule has 11 heavy (non-hydrogen) atoms. The molecule has 0 aliphatic heterocycles. The summed E-state index contributed by atoms with van der Waals surface area (Å²) in [6.07, 6.45) is 3.84. The summed E-state index contributed by atoms with van der Waals surface area (Å²) in [6, 6.07) is 0. The van der Waals surface area contributed by atoms with Crippen molar-refractivity contribution in [2.24, 2.45) is 0 Å². The highest BCUT2D eigenvalue weighted by molar-refractivity contribution is 5.86. The van der Waals surface area contributed by atoms with Gasteiger partial charge in [0, 0.05) is 5.57 Å². The van der Waals surface area contributed by atoms with Crippen molar-refractivity contribution in [2.45, 2.75) is 6.92 Å². The van der Waals surface area contributed by atoms with Crippen molar-refractivity contribution in [1.82, 2.24) is 0 Å². The Labute approximate surface area is 65.0 Å². The molecular formula is C8H10O3. The second-order valence-corrected chi connectivity index (χ2v) is 1.96. The Morgan fingerprint density at radius 1 is 1.45 bits per heavy atom. The van der Waals surface area contributed by atoms with E-state index in [4.69, 9.17) is 10.2 Å². The van der Waals surface area contributed by atoms with Crippen LogP contribution in [0.1, 0.15) is 6.92 Å². The number of hydrogen-bond donors (Lipinski definition) is 2. The van der Waals surface area contributed by atoms with Gasteiger partial charge in [-0.25, -0.2) is 4.79 Å². The lowest BCUT2D eigenvalue weighted by atomic mass is 10.2. The minimum atomic E-state index is -1.05. The van der Waals surface area contributed by atoms with Gasteiger partial charge in [0.25, 0.3) is 0 Å². The predicted octanol–water partition coefficient (Wildman–Crippen LogP) is 1.65. The maximum Gasteiger partial charge on any atom is 0.331 e. The van der Waals surface area contributed by atoms with E-state index in [1.807, 2.05) is 0 Å². The average Bonchev–Trinajstić information content (AvgIpc) is 1.87. The number of aliphatic hydroxyl groups is 1. The summed E-state index contributed by atoms with van der Waals surface area (Å²) < 4.78 is 0. The molecule has 0 unspecified atom stereocenters. The van der Waals surface area contributed by atoms with Crippen LogP contribution in [-0.2, 0) is 4.79 Å². The van der Waals surface area contributed by atoms with Crippen LogP contribution in [0.5, 0.6) is 0 Å². The molecule has 0 rings (SSSR count). The van der Waals surface area contributed by atoms with Crippen molar-refractivity contribution < 1.29 is 15.0 Å². The van der Waals surface area contributed by atoms with Crippen LogP contribution in [0.15, 0.2) is 36.1 Å². The maximum atomic E-state index is 10.2. The van der Waals surface area contributed by atoms with Crippen LogP contribution in [0.2, 0.25) is 0 Å². The zero-order chi connectivity index (χ0) is 8.85. The van der Waals surface area contributed by atoms with E-state index < -0.39 is 5.97 Å². The lowest BCUT2D eigenvalue weighted by Gasteiger charge is -1.91. The molecule has 0 heterocycles. The zero-order valence-corrected chi connectivity index (χ0v) is 6.24. The quantitative estimate of drug-likeness (QED) is 0.369. The first kappa shape index (κ1) is 9.49. The first-order valence-electron chi connectivity index (χ1n) is 3.01. The van der Waals surface area contributed by atoms with Crippen molar-refractivity contribution in [3.8, 4) is 0 Å². The summed E-state index contributed by atoms with van der Waals surface area (Å²) in [4.78, 5) is 10.2. The van der Waals surface area contributed by atoms with Gasteiger partial charge in [-0.3, -0.25) is 0 Å². The molecule has 0 saturated heterocycles. The largest absolute Gasteiger partial charge is 0.508 e. The lowest BCUT2D eigenvalue weighted by molar-refractivity contribution is -0.132. The number of aliphatic hydroxyl groups excluding tert-OH is 1. The molecule has 60 valence electrons. The van der Waals surface area contributed by atoms with E-state index in [0.29, 0.717) is 0 Å². The van der Waals surface area contributed by atoms with E-state index >= 15 is 0 Å². The Morgan fingerprint density at radius 3 is 2.36 bits per heavy atom. The van der Waals surface area contributed by atoms with Crippen LogP contribution in [0.4, 0.5) is 0 Å². The highest BCUT2D eigenvalue weighted by Gasteiger charge is 1.98. The summed E-state index contributed by atoms with van der Waals surface area (Å²) in [5.41, 5.74) is 0.0839. The molecule has 0 bridgehead atoms. The van der Waals surface area contributed by atoms with Crippen molar-refractivity contribution in [2.75, 3.05) is 0 Å².